The van der Waals surface area contributed by atoms with Gasteiger partial charge in [0.2, 0.25) is 0 Å². The molecule has 34 heavy (non-hydrogen) atoms. The van der Waals surface area contributed by atoms with Crippen LogP contribution in [-0.2, 0) is 0 Å². The number of benzene rings is 1. The van der Waals surface area contributed by atoms with Crippen LogP contribution < -0.4 is 19.6 Å². The highest BCUT2D eigenvalue weighted by Crippen LogP contribution is 2.41. The number of hydrogen-bond acceptors (Lipinski definition) is 7. The van der Waals surface area contributed by atoms with Crippen LogP contribution in [0, 0.1) is 6.92 Å². The number of pyridine rings is 3. The third-order valence-electron chi connectivity index (χ3n) is 6.12. The van der Waals surface area contributed by atoms with Crippen molar-refractivity contribution in [1.29, 1.82) is 0 Å². The molecule has 0 saturated carbocycles. The van der Waals surface area contributed by atoms with Crippen molar-refractivity contribution in [3.8, 4) is 0 Å². The van der Waals surface area contributed by atoms with Crippen LogP contribution in [0.3, 0.4) is 0 Å². The van der Waals surface area contributed by atoms with Crippen LogP contribution in [0.25, 0.3) is 0 Å². The van der Waals surface area contributed by atoms with E-state index in [1.807, 2.05) is 102 Å². The van der Waals surface area contributed by atoms with Gasteiger partial charge in [-0.05, 0) is 61.0 Å². The van der Waals surface area contributed by atoms with E-state index in [1.54, 1.807) is 0 Å². The minimum atomic E-state index is 0.635. The van der Waals surface area contributed by atoms with E-state index in [1.165, 1.54) is 0 Å². The van der Waals surface area contributed by atoms with Gasteiger partial charge < -0.3 is 19.6 Å². The van der Waals surface area contributed by atoms with E-state index in [4.69, 9.17) is 26.6 Å². The van der Waals surface area contributed by atoms with Crippen LogP contribution in [0.1, 0.15) is 5.56 Å². The minimum Gasteiger partial charge on any atom is -0.328 e. The maximum atomic E-state index is 6.99. The van der Waals surface area contributed by atoms with Crippen molar-refractivity contribution in [3.05, 3.63) is 77.3 Å². The molecule has 0 aliphatic carbocycles. The van der Waals surface area contributed by atoms with Crippen molar-refractivity contribution < 1.29 is 0 Å². The Morgan fingerprint density at radius 2 is 0.824 bits per heavy atom. The molecule has 1 aliphatic rings. The van der Waals surface area contributed by atoms with Crippen LogP contribution in [0.4, 0.5) is 46.3 Å². The number of anilines is 8. The molecule has 7 nitrogen and oxygen atoms in total. The summed E-state index contributed by atoms with van der Waals surface area (Å²) in [4.78, 5) is 22.7. The molecule has 0 amide bonds. The largest absolute Gasteiger partial charge is 0.328 e. The third-order valence-corrected chi connectivity index (χ3v) is 6.51. The fraction of sp³-hybridized carbons (Fsp3) is 0.192. The van der Waals surface area contributed by atoms with Crippen molar-refractivity contribution in [2.24, 2.45) is 0 Å². The van der Waals surface area contributed by atoms with Crippen molar-refractivity contribution in [3.63, 3.8) is 0 Å². The highest BCUT2D eigenvalue weighted by atomic mass is 35.5. The summed E-state index contributed by atoms with van der Waals surface area (Å²) in [5.41, 5.74) is 2.84. The molecule has 0 spiro atoms. The predicted octanol–water partition coefficient (Wildman–Crippen LogP) is 6.22. The Balaban J connectivity index is 1.77. The Kier molecular flexibility index (Phi) is 5.49. The zero-order valence-electron chi connectivity index (χ0n) is 19.9. The highest BCUT2D eigenvalue weighted by Gasteiger charge is 2.20. The van der Waals surface area contributed by atoms with Gasteiger partial charge in [0.05, 0.1) is 16.4 Å². The van der Waals surface area contributed by atoms with Crippen molar-refractivity contribution in [1.82, 2.24) is 15.0 Å². The van der Waals surface area contributed by atoms with Crippen LogP contribution in [-0.4, -0.2) is 43.1 Å². The number of hydrogen-bond donors (Lipinski definition) is 0. The fourth-order valence-corrected chi connectivity index (χ4v) is 4.42. The summed E-state index contributed by atoms with van der Waals surface area (Å²) in [5.74, 6) is 4.70. The molecular formula is C26H26ClN7. The van der Waals surface area contributed by atoms with Crippen LogP contribution >= 0.6 is 11.6 Å². The second kappa shape index (κ2) is 8.50. The Hall–Kier alpha value is -3.84. The van der Waals surface area contributed by atoms with Crippen molar-refractivity contribution in [2.45, 2.75) is 6.92 Å². The maximum Gasteiger partial charge on any atom is 0.136 e. The van der Waals surface area contributed by atoms with Crippen LogP contribution in [0.2, 0.25) is 5.02 Å². The highest BCUT2D eigenvalue weighted by molar-refractivity contribution is 6.36. The Morgan fingerprint density at radius 1 is 0.529 bits per heavy atom. The first-order valence-corrected chi connectivity index (χ1v) is 11.4. The van der Waals surface area contributed by atoms with Gasteiger partial charge in [-0.25, -0.2) is 15.0 Å². The zero-order chi connectivity index (χ0) is 24.0. The molecule has 5 rings (SSSR count). The van der Waals surface area contributed by atoms with Crippen molar-refractivity contribution in [2.75, 3.05) is 47.8 Å². The van der Waals surface area contributed by atoms with E-state index in [9.17, 15) is 0 Å². The number of rotatable bonds is 0. The Labute approximate surface area is 204 Å². The standard InChI is InChI=1S/C26H26ClN7/c1-17-15-18-26(27)19(16-17)32(3)21-10-7-12-23(29-21)34(5)25-14-8-13-24(30-25)33(4)22-11-6-9-20(28-22)31(18)2/h6-16H,1-5H3. The van der Waals surface area contributed by atoms with E-state index < -0.39 is 0 Å². The second-order valence-electron chi connectivity index (χ2n) is 8.42. The van der Waals surface area contributed by atoms with Gasteiger partial charge in [0, 0.05) is 28.2 Å². The fourth-order valence-electron chi connectivity index (χ4n) is 4.06. The number of fused-ring (bicyclic) bond motifs is 8. The number of aryl methyl sites for hydroxylation is 1. The van der Waals surface area contributed by atoms with Gasteiger partial charge in [0.15, 0.2) is 0 Å². The lowest BCUT2D eigenvalue weighted by molar-refractivity contribution is 1.02. The van der Waals surface area contributed by atoms with Gasteiger partial charge >= 0.3 is 0 Å². The molecular weight excluding hydrogens is 446 g/mol. The molecule has 172 valence electrons. The van der Waals surface area contributed by atoms with E-state index in [0.717, 1.165) is 51.8 Å². The van der Waals surface area contributed by atoms with Gasteiger partial charge in [-0.2, -0.15) is 0 Å². The molecule has 3 aromatic heterocycles. The lowest BCUT2D eigenvalue weighted by Crippen LogP contribution is -2.20. The summed E-state index contributed by atoms with van der Waals surface area (Å²) in [7, 11) is 7.89. The quantitative estimate of drug-likeness (QED) is 0.302. The minimum absolute atomic E-state index is 0.635. The lowest BCUT2D eigenvalue weighted by atomic mass is 10.1. The molecule has 4 aromatic rings. The normalized spacial score (nSPS) is 13.4. The molecule has 4 heterocycles. The Bertz CT molecular complexity index is 1280. The number of nitrogens with zero attached hydrogens (tertiary/aromatic N) is 7. The first-order valence-electron chi connectivity index (χ1n) is 11.0. The monoisotopic (exact) mass is 471 g/mol. The van der Waals surface area contributed by atoms with Crippen molar-refractivity contribution >= 4 is 57.9 Å². The molecule has 1 aliphatic heterocycles. The number of aromatic nitrogens is 3. The molecule has 0 atom stereocenters. The molecule has 0 unspecified atom stereocenters. The summed E-state index contributed by atoms with van der Waals surface area (Å²) in [6.45, 7) is 2.07. The molecule has 8 bridgehead atoms. The van der Waals surface area contributed by atoms with E-state index in [2.05, 4.69) is 19.1 Å². The first-order chi connectivity index (χ1) is 16.3. The average Bonchev–Trinajstić information content (AvgIpc) is 2.87. The SMILES string of the molecule is Cc1cc2c(Cl)c(c1)N(C)c1cccc(n1)N(C)c1cccc(n1)N(C)c1cccc(n1)N2C. The second-order valence-corrected chi connectivity index (χ2v) is 8.79. The maximum absolute atomic E-state index is 6.99. The third kappa shape index (κ3) is 3.78. The summed E-state index contributed by atoms with van der Waals surface area (Å²) >= 11 is 6.99. The van der Waals surface area contributed by atoms with Gasteiger partial charge in [0.25, 0.3) is 0 Å². The summed E-state index contributed by atoms with van der Waals surface area (Å²) in [6.07, 6.45) is 0. The molecule has 1 aromatic carbocycles. The topological polar surface area (TPSA) is 51.6 Å². The zero-order valence-corrected chi connectivity index (χ0v) is 20.6. The van der Waals surface area contributed by atoms with Gasteiger partial charge in [-0.15, -0.1) is 0 Å². The van der Waals surface area contributed by atoms with E-state index >= 15 is 0 Å². The number of halogens is 1. The molecule has 0 fully saturated rings. The van der Waals surface area contributed by atoms with Gasteiger partial charge in [-0.1, -0.05) is 29.8 Å². The lowest BCUT2D eigenvalue weighted by Gasteiger charge is -2.28. The van der Waals surface area contributed by atoms with Gasteiger partial charge in [0.1, 0.15) is 34.9 Å². The first kappa shape index (κ1) is 22.0. The molecule has 8 heteroatoms. The smallest absolute Gasteiger partial charge is 0.136 e. The predicted molar refractivity (Wildman–Crippen MR) is 141 cm³/mol. The summed E-state index contributed by atoms with van der Waals surface area (Å²) in [6, 6.07) is 22.0. The average molecular weight is 472 g/mol. The molecule has 0 radical (unpaired) electrons. The summed E-state index contributed by atoms with van der Waals surface area (Å²) < 4.78 is 0. The van der Waals surface area contributed by atoms with Crippen LogP contribution in [0.15, 0.2) is 66.7 Å². The molecule has 0 saturated heterocycles. The Morgan fingerprint density at radius 3 is 1.15 bits per heavy atom. The molecule has 0 N–H and O–H groups in total. The van der Waals surface area contributed by atoms with Crippen LogP contribution in [0.5, 0.6) is 0 Å². The van der Waals surface area contributed by atoms with E-state index in [-0.39, 0.29) is 0 Å². The van der Waals surface area contributed by atoms with E-state index in [0.29, 0.717) is 5.02 Å². The summed E-state index contributed by atoms with van der Waals surface area (Å²) in [5, 5.41) is 0.635. The van der Waals surface area contributed by atoms with Gasteiger partial charge in [-0.3, -0.25) is 0 Å².